The maximum absolute atomic E-state index is 13.5. The molecule has 1 aromatic carbocycles. The fourth-order valence-electron chi connectivity index (χ4n) is 1.45. The third-order valence-corrected chi connectivity index (χ3v) is 4.42. The van der Waals surface area contributed by atoms with Crippen LogP contribution in [0.5, 0.6) is 0 Å². The first kappa shape index (κ1) is 12.2. The summed E-state index contributed by atoms with van der Waals surface area (Å²) < 4.78 is 25.4. The van der Waals surface area contributed by atoms with Gasteiger partial charge in [-0.3, -0.25) is 4.21 Å². The van der Waals surface area contributed by atoms with Gasteiger partial charge < -0.3 is 5.73 Å². The maximum Gasteiger partial charge on any atom is 0.141 e. The van der Waals surface area contributed by atoms with Crippen molar-refractivity contribution < 1.29 is 8.60 Å². The Balaban J connectivity index is 3.00. The first-order chi connectivity index (χ1) is 7.10. The summed E-state index contributed by atoms with van der Waals surface area (Å²) in [6.45, 7) is 3.92. The van der Waals surface area contributed by atoms with Gasteiger partial charge in [-0.1, -0.05) is 13.8 Å². The van der Waals surface area contributed by atoms with Crippen molar-refractivity contribution in [3.8, 4) is 0 Å². The summed E-state index contributed by atoms with van der Waals surface area (Å²) in [5.41, 5.74) is 5.79. The normalized spacial score (nSPS) is 13.1. The average molecular weight is 229 g/mol. The quantitative estimate of drug-likeness (QED) is 0.807. The van der Waals surface area contributed by atoms with Crippen LogP contribution in [-0.4, -0.2) is 9.46 Å². The standard InChI is InChI=1S/C11H16FNOS/c1-3-9(4-2)15(14)11-6-5-8(13)7-10(11)12/h5-7,9H,3-4,13H2,1-2H3. The van der Waals surface area contributed by atoms with Gasteiger partial charge in [-0.15, -0.1) is 0 Å². The lowest BCUT2D eigenvalue weighted by Crippen LogP contribution is -2.14. The molecule has 2 N–H and O–H groups in total. The molecule has 15 heavy (non-hydrogen) atoms. The summed E-state index contributed by atoms with van der Waals surface area (Å²) in [6, 6.07) is 4.31. The monoisotopic (exact) mass is 229 g/mol. The molecule has 0 bridgehead atoms. The number of halogens is 1. The molecule has 1 rings (SSSR count). The number of rotatable bonds is 4. The Morgan fingerprint density at radius 3 is 2.47 bits per heavy atom. The second kappa shape index (κ2) is 5.26. The maximum atomic E-state index is 13.5. The van der Waals surface area contributed by atoms with Gasteiger partial charge >= 0.3 is 0 Å². The van der Waals surface area contributed by atoms with Crippen LogP contribution < -0.4 is 5.73 Å². The Kier molecular flexibility index (Phi) is 4.27. The molecule has 4 heteroatoms. The highest BCUT2D eigenvalue weighted by Crippen LogP contribution is 2.21. The minimum absolute atomic E-state index is 0.0168. The largest absolute Gasteiger partial charge is 0.399 e. The van der Waals surface area contributed by atoms with Crippen LogP contribution in [-0.2, 0) is 10.8 Å². The summed E-state index contributed by atoms with van der Waals surface area (Å²) >= 11 is 0. The number of hydrogen-bond acceptors (Lipinski definition) is 2. The highest BCUT2D eigenvalue weighted by Gasteiger charge is 2.17. The highest BCUT2D eigenvalue weighted by molar-refractivity contribution is 7.85. The van der Waals surface area contributed by atoms with Gasteiger partial charge in [0, 0.05) is 10.9 Å². The van der Waals surface area contributed by atoms with E-state index >= 15 is 0 Å². The number of nitrogen functional groups attached to an aromatic ring is 1. The first-order valence-corrected chi connectivity index (χ1v) is 6.27. The first-order valence-electron chi connectivity index (χ1n) is 5.05. The fourth-order valence-corrected chi connectivity index (χ4v) is 2.87. The summed E-state index contributed by atoms with van der Waals surface area (Å²) in [4.78, 5) is 0.262. The van der Waals surface area contributed by atoms with Crippen molar-refractivity contribution in [2.75, 3.05) is 5.73 Å². The number of nitrogens with two attached hydrogens (primary N) is 1. The molecular formula is C11H16FNOS. The molecule has 0 saturated carbocycles. The molecule has 0 aromatic heterocycles. The van der Waals surface area contributed by atoms with Crippen LogP contribution in [0.4, 0.5) is 10.1 Å². The summed E-state index contributed by atoms with van der Waals surface area (Å²) in [6.07, 6.45) is 1.57. The van der Waals surface area contributed by atoms with Gasteiger partial charge in [0.2, 0.25) is 0 Å². The van der Waals surface area contributed by atoms with E-state index in [9.17, 15) is 8.60 Å². The molecule has 1 atom stereocenters. The molecule has 1 unspecified atom stereocenters. The molecular weight excluding hydrogens is 213 g/mol. The molecule has 0 fully saturated rings. The molecule has 0 aliphatic carbocycles. The van der Waals surface area contributed by atoms with Crippen molar-refractivity contribution in [1.29, 1.82) is 0 Å². The average Bonchev–Trinajstić information content (AvgIpc) is 2.19. The second-order valence-electron chi connectivity index (χ2n) is 3.43. The van der Waals surface area contributed by atoms with Gasteiger partial charge in [-0.05, 0) is 31.0 Å². The van der Waals surface area contributed by atoms with Crippen LogP contribution in [0.15, 0.2) is 23.1 Å². The van der Waals surface area contributed by atoms with Crippen molar-refractivity contribution >= 4 is 16.5 Å². The van der Waals surface area contributed by atoms with Gasteiger partial charge in [0.1, 0.15) is 5.82 Å². The predicted octanol–water partition coefficient (Wildman–Crippen LogP) is 2.70. The smallest absolute Gasteiger partial charge is 0.141 e. The van der Waals surface area contributed by atoms with Gasteiger partial charge in [-0.2, -0.15) is 0 Å². The lowest BCUT2D eigenvalue weighted by atomic mass is 10.3. The van der Waals surface area contributed by atoms with E-state index in [0.29, 0.717) is 5.69 Å². The molecule has 1 aromatic rings. The van der Waals surface area contributed by atoms with E-state index < -0.39 is 16.6 Å². The lowest BCUT2D eigenvalue weighted by Gasteiger charge is -2.12. The van der Waals surface area contributed by atoms with Gasteiger partial charge in [-0.25, -0.2) is 4.39 Å². The summed E-state index contributed by atoms with van der Waals surface area (Å²) in [5, 5.41) is 0.0168. The molecule has 84 valence electrons. The second-order valence-corrected chi connectivity index (χ2v) is 5.13. The van der Waals surface area contributed by atoms with Crippen LogP contribution in [0.2, 0.25) is 0 Å². The molecule has 0 aliphatic rings. The molecule has 0 aliphatic heterocycles. The SMILES string of the molecule is CCC(CC)S(=O)c1ccc(N)cc1F. The third kappa shape index (κ3) is 2.78. The van der Waals surface area contributed by atoms with Crippen LogP contribution >= 0.6 is 0 Å². The van der Waals surface area contributed by atoms with Crippen LogP contribution in [0.25, 0.3) is 0 Å². The van der Waals surface area contributed by atoms with E-state index in [1.807, 2.05) is 13.8 Å². The fraction of sp³-hybridized carbons (Fsp3) is 0.455. The Bertz CT molecular complexity index is 364. The minimum Gasteiger partial charge on any atom is -0.399 e. The Hall–Kier alpha value is -0.900. The third-order valence-electron chi connectivity index (χ3n) is 2.39. The Labute approximate surface area is 92.1 Å². The molecule has 0 radical (unpaired) electrons. The van der Waals surface area contributed by atoms with Crippen molar-refractivity contribution in [3.05, 3.63) is 24.0 Å². The molecule has 2 nitrogen and oxygen atoms in total. The van der Waals surface area contributed by atoms with Crippen molar-refractivity contribution in [3.63, 3.8) is 0 Å². The van der Waals surface area contributed by atoms with E-state index in [1.165, 1.54) is 12.1 Å². The van der Waals surface area contributed by atoms with E-state index in [-0.39, 0.29) is 10.1 Å². The predicted molar refractivity (Wildman–Crippen MR) is 61.6 cm³/mol. The number of benzene rings is 1. The van der Waals surface area contributed by atoms with Gasteiger partial charge in [0.05, 0.1) is 15.7 Å². The van der Waals surface area contributed by atoms with Gasteiger partial charge in [0.25, 0.3) is 0 Å². The Morgan fingerprint density at radius 1 is 1.40 bits per heavy atom. The van der Waals surface area contributed by atoms with E-state index in [4.69, 9.17) is 5.73 Å². The lowest BCUT2D eigenvalue weighted by molar-refractivity contribution is 0.591. The summed E-state index contributed by atoms with van der Waals surface area (Å²) in [5.74, 6) is -0.472. The molecule has 0 amide bonds. The zero-order valence-electron chi connectivity index (χ0n) is 9.00. The zero-order valence-corrected chi connectivity index (χ0v) is 9.81. The number of anilines is 1. The van der Waals surface area contributed by atoms with Crippen LogP contribution in [0.1, 0.15) is 26.7 Å². The van der Waals surface area contributed by atoms with Gasteiger partial charge in [0.15, 0.2) is 0 Å². The van der Waals surface area contributed by atoms with Crippen molar-refractivity contribution in [2.45, 2.75) is 36.8 Å². The molecule has 0 spiro atoms. The zero-order chi connectivity index (χ0) is 11.4. The molecule has 0 heterocycles. The van der Waals surface area contributed by atoms with E-state index in [2.05, 4.69) is 0 Å². The molecule has 0 saturated heterocycles. The van der Waals surface area contributed by atoms with Crippen molar-refractivity contribution in [2.24, 2.45) is 0 Å². The van der Waals surface area contributed by atoms with Crippen LogP contribution in [0, 0.1) is 5.82 Å². The summed E-state index contributed by atoms with van der Waals surface area (Å²) in [7, 11) is -1.27. The van der Waals surface area contributed by atoms with E-state index in [0.717, 1.165) is 12.8 Å². The van der Waals surface area contributed by atoms with Crippen LogP contribution in [0.3, 0.4) is 0 Å². The Morgan fingerprint density at radius 2 is 2.00 bits per heavy atom. The van der Waals surface area contributed by atoms with Crippen molar-refractivity contribution in [1.82, 2.24) is 0 Å². The topological polar surface area (TPSA) is 43.1 Å². The minimum atomic E-state index is -1.27. The highest BCUT2D eigenvalue weighted by atomic mass is 32.2. The number of hydrogen-bond donors (Lipinski definition) is 1. The van der Waals surface area contributed by atoms with E-state index in [1.54, 1.807) is 6.07 Å².